The van der Waals surface area contributed by atoms with Gasteiger partial charge in [0.25, 0.3) is 5.91 Å². The Balaban J connectivity index is 2.16. The molecule has 0 aliphatic carbocycles. The average molecular weight is 273 g/mol. The number of benzene rings is 1. The van der Waals surface area contributed by atoms with E-state index in [1.807, 2.05) is 38.1 Å². The highest BCUT2D eigenvalue weighted by Crippen LogP contribution is 2.26. The average Bonchev–Trinajstić information content (AvgIpc) is 2.91. The van der Waals surface area contributed by atoms with Gasteiger partial charge in [0.1, 0.15) is 5.76 Å². The van der Waals surface area contributed by atoms with Gasteiger partial charge in [-0.25, -0.2) is 0 Å². The number of aliphatic hydroxyl groups excluding tert-OH is 1. The Kier molecular flexibility index (Phi) is 4.58. The first kappa shape index (κ1) is 14.3. The van der Waals surface area contributed by atoms with E-state index < -0.39 is 0 Å². The Morgan fingerprint density at radius 1 is 1.25 bits per heavy atom. The Hall–Kier alpha value is -2.07. The highest BCUT2D eigenvalue weighted by atomic mass is 16.3. The van der Waals surface area contributed by atoms with Gasteiger partial charge in [0.2, 0.25) is 0 Å². The fraction of sp³-hybridized carbons (Fsp3) is 0.312. The van der Waals surface area contributed by atoms with Crippen molar-refractivity contribution in [2.75, 3.05) is 13.2 Å². The zero-order valence-corrected chi connectivity index (χ0v) is 11.8. The molecule has 4 heteroatoms. The molecular weight excluding hydrogens is 254 g/mol. The molecule has 0 aliphatic rings. The molecule has 1 aromatic heterocycles. The number of carbonyl (C=O) groups is 1. The van der Waals surface area contributed by atoms with Crippen LogP contribution in [0.5, 0.6) is 0 Å². The number of furan rings is 1. The van der Waals surface area contributed by atoms with E-state index in [9.17, 15) is 4.79 Å². The van der Waals surface area contributed by atoms with Gasteiger partial charge in [-0.2, -0.15) is 0 Å². The summed E-state index contributed by atoms with van der Waals surface area (Å²) in [6, 6.07) is 9.61. The molecule has 0 aliphatic heterocycles. The van der Waals surface area contributed by atoms with Gasteiger partial charge in [0, 0.05) is 18.7 Å². The van der Waals surface area contributed by atoms with E-state index in [0.29, 0.717) is 24.5 Å². The minimum Gasteiger partial charge on any atom is -0.451 e. The van der Waals surface area contributed by atoms with Crippen LogP contribution in [-0.2, 0) is 0 Å². The van der Waals surface area contributed by atoms with Crippen molar-refractivity contribution >= 4 is 5.91 Å². The van der Waals surface area contributed by atoms with Gasteiger partial charge in [-0.3, -0.25) is 4.79 Å². The maximum atomic E-state index is 11.8. The number of hydrogen-bond donors (Lipinski definition) is 2. The van der Waals surface area contributed by atoms with Crippen molar-refractivity contribution in [2.45, 2.75) is 20.3 Å². The van der Waals surface area contributed by atoms with E-state index in [1.54, 1.807) is 6.07 Å². The van der Waals surface area contributed by atoms with E-state index in [2.05, 4.69) is 5.32 Å². The number of hydrogen-bond acceptors (Lipinski definition) is 3. The molecule has 2 aromatic rings. The van der Waals surface area contributed by atoms with Gasteiger partial charge in [0.15, 0.2) is 5.76 Å². The third kappa shape index (κ3) is 3.27. The Bertz CT molecular complexity index is 602. The predicted octanol–water partition coefficient (Wildman–Crippen LogP) is 2.68. The second-order valence-corrected chi connectivity index (χ2v) is 4.82. The van der Waals surface area contributed by atoms with Crippen LogP contribution < -0.4 is 5.32 Å². The molecule has 2 rings (SSSR count). The van der Waals surface area contributed by atoms with Gasteiger partial charge in [0.05, 0.1) is 0 Å². The van der Waals surface area contributed by atoms with Crippen molar-refractivity contribution in [3.63, 3.8) is 0 Å². The summed E-state index contributed by atoms with van der Waals surface area (Å²) >= 11 is 0. The molecule has 1 amide bonds. The second kappa shape index (κ2) is 6.39. The molecule has 0 spiro atoms. The number of aryl methyl sites for hydroxylation is 2. The first-order valence-electron chi connectivity index (χ1n) is 6.68. The summed E-state index contributed by atoms with van der Waals surface area (Å²) in [4.78, 5) is 11.8. The summed E-state index contributed by atoms with van der Waals surface area (Å²) in [6.45, 7) is 4.54. The zero-order valence-electron chi connectivity index (χ0n) is 11.8. The molecular formula is C16H19NO3. The summed E-state index contributed by atoms with van der Waals surface area (Å²) in [6.07, 6.45) is 0.538. The van der Waals surface area contributed by atoms with E-state index in [4.69, 9.17) is 9.52 Å². The van der Waals surface area contributed by atoms with Crippen molar-refractivity contribution in [1.82, 2.24) is 5.32 Å². The molecule has 106 valence electrons. The molecule has 1 heterocycles. The number of rotatable bonds is 5. The lowest BCUT2D eigenvalue weighted by Gasteiger charge is -2.04. The molecule has 0 saturated carbocycles. The van der Waals surface area contributed by atoms with Crippen molar-refractivity contribution in [3.8, 4) is 11.3 Å². The number of carbonyl (C=O) groups excluding carboxylic acids is 1. The van der Waals surface area contributed by atoms with Crippen LogP contribution in [-0.4, -0.2) is 24.2 Å². The minimum atomic E-state index is -0.255. The fourth-order valence-corrected chi connectivity index (χ4v) is 1.97. The van der Waals surface area contributed by atoms with Gasteiger partial charge in [-0.15, -0.1) is 0 Å². The maximum Gasteiger partial charge on any atom is 0.287 e. The molecule has 4 nitrogen and oxygen atoms in total. The maximum absolute atomic E-state index is 11.8. The van der Waals surface area contributed by atoms with Crippen LogP contribution in [0.15, 0.2) is 34.7 Å². The zero-order chi connectivity index (χ0) is 14.5. The van der Waals surface area contributed by atoms with Crippen LogP contribution in [0, 0.1) is 13.8 Å². The standard InChI is InChI=1S/C16H19NO3/c1-11-4-5-12(2)13(10-11)14-6-7-15(20-14)16(19)17-8-3-9-18/h4-7,10,18H,3,8-9H2,1-2H3,(H,17,19). The number of aliphatic hydroxyl groups is 1. The van der Waals surface area contributed by atoms with Crippen LogP contribution in [0.4, 0.5) is 0 Å². The lowest BCUT2D eigenvalue weighted by Crippen LogP contribution is -2.24. The van der Waals surface area contributed by atoms with Crippen molar-refractivity contribution in [1.29, 1.82) is 0 Å². The molecule has 0 saturated heterocycles. The molecule has 1 aromatic carbocycles. The van der Waals surface area contributed by atoms with Gasteiger partial charge in [-0.1, -0.05) is 17.7 Å². The number of amides is 1. The van der Waals surface area contributed by atoms with Crippen molar-refractivity contribution < 1.29 is 14.3 Å². The van der Waals surface area contributed by atoms with E-state index >= 15 is 0 Å². The third-order valence-electron chi connectivity index (χ3n) is 3.11. The minimum absolute atomic E-state index is 0.0617. The van der Waals surface area contributed by atoms with Gasteiger partial charge in [-0.05, 0) is 44.0 Å². The van der Waals surface area contributed by atoms with Gasteiger partial charge < -0.3 is 14.8 Å². The molecule has 0 atom stereocenters. The highest BCUT2D eigenvalue weighted by molar-refractivity contribution is 5.92. The van der Waals surface area contributed by atoms with E-state index in [1.165, 1.54) is 0 Å². The molecule has 0 fully saturated rings. The molecule has 0 radical (unpaired) electrons. The molecule has 2 N–H and O–H groups in total. The Morgan fingerprint density at radius 3 is 2.80 bits per heavy atom. The smallest absolute Gasteiger partial charge is 0.287 e. The topological polar surface area (TPSA) is 62.5 Å². The SMILES string of the molecule is Cc1ccc(C)c(-c2ccc(C(=O)NCCCO)o2)c1. The lowest BCUT2D eigenvalue weighted by molar-refractivity contribution is 0.0924. The highest BCUT2D eigenvalue weighted by Gasteiger charge is 2.13. The summed E-state index contributed by atoms with van der Waals surface area (Å²) in [5, 5.41) is 11.4. The van der Waals surface area contributed by atoms with Gasteiger partial charge >= 0.3 is 0 Å². The van der Waals surface area contributed by atoms with Crippen LogP contribution in [0.3, 0.4) is 0 Å². The van der Waals surface area contributed by atoms with Crippen LogP contribution in [0.1, 0.15) is 28.1 Å². The summed E-state index contributed by atoms with van der Waals surface area (Å²) in [5.74, 6) is 0.729. The number of nitrogens with one attached hydrogen (secondary N) is 1. The van der Waals surface area contributed by atoms with Crippen LogP contribution >= 0.6 is 0 Å². The Morgan fingerprint density at radius 2 is 2.05 bits per heavy atom. The summed E-state index contributed by atoms with van der Waals surface area (Å²) in [5.41, 5.74) is 3.26. The Labute approximate surface area is 118 Å². The van der Waals surface area contributed by atoms with Crippen molar-refractivity contribution in [3.05, 3.63) is 47.2 Å². The second-order valence-electron chi connectivity index (χ2n) is 4.82. The first-order valence-corrected chi connectivity index (χ1v) is 6.68. The fourth-order valence-electron chi connectivity index (χ4n) is 1.97. The van der Waals surface area contributed by atoms with Crippen LogP contribution in [0.25, 0.3) is 11.3 Å². The predicted molar refractivity (Wildman–Crippen MR) is 77.7 cm³/mol. The van der Waals surface area contributed by atoms with Crippen molar-refractivity contribution in [2.24, 2.45) is 0 Å². The van der Waals surface area contributed by atoms with E-state index in [-0.39, 0.29) is 12.5 Å². The molecule has 0 unspecified atom stereocenters. The molecule has 20 heavy (non-hydrogen) atoms. The quantitative estimate of drug-likeness (QED) is 0.823. The summed E-state index contributed by atoms with van der Waals surface area (Å²) < 4.78 is 5.62. The monoisotopic (exact) mass is 273 g/mol. The lowest BCUT2D eigenvalue weighted by atomic mass is 10.0. The largest absolute Gasteiger partial charge is 0.451 e. The van der Waals surface area contributed by atoms with E-state index in [0.717, 1.165) is 16.7 Å². The normalized spacial score (nSPS) is 10.6. The van der Waals surface area contributed by atoms with Crippen LogP contribution in [0.2, 0.25) is 0 Å². The summed E-state index contributed by atoms with van der Waals surface area (Å²) in [7, 11) is 0. The molecule has 0 bridgehead atoms. The third-order valence-corrected chi connectivity index (χ3v) is 3.11. The first-order chi connectivity index (χ1) is 9.61.